The van der Waals surface area contributed by atoms with E-state index in [1.165, 1.54) is 22.3 Å². The minimum atomic E-state index is -0.331. The maximum atomic E-state index is 12.9. The summed E-state index contributed by atoms with van der Waals surface area (Å²) < 4.78 is 0. The van der Waals surface area contributed by atoms with Crippen molar-refractivity contribution >= 4 is 5.78 Å². The van der Waals surface area contributed by atoms with E-state index in [4.69, 9.17) is 0 Å². The van der Waals surface area contributed by atoms with E-state index in [0.717, 1.165) is 6.42 Å². The Morgan fingerprint density at radius 1 is 0.900 bits per heavy atom. The highest BCUT2D eigenvalue weighted by molar-refractivity contribution is 5.94. The Morgan fingerprint density at radius 3 is 1.80 bits per heavy atom. The minimum absolute atomic E-state index is 0.115. The van der Waals surface area contributed by atoms with Crippen LogP contribution in [0.15, 0.2) is 48.5 Å². The third-order valence-electron chi connectivity index (χ3n) is 4.11. The first kappa shape index (κ1) is 13.1. The monoisotopic (exact) mass is 264 g/mol. The largest absolute Gasteiger partial charge is 0.298 e. The highest BCUT2D eigenvalue weighted by Gasteiger charge is 2.36. The second-order valence-electron chi connectivity index (χ2n) is 6.62. The molecule has 0 radical (unpaired) electrons. The van der Waals surface area contributed by atoms with Crippen LogP contribution in [0, 0.1) is 5.41 Å². The Labute approximate surface area is 120 Å². The van der Waals surface area contributed by atoms with E-state index < -0.39 is 0 Å². The van der Waals surface area contributed by atoms with Crippen LogP contribution in [0.4, 0.5) is 0 Å². The van der Waals surface area contributed by atoms with Gasteiger partial charge < -0.3 is 0 Å². The van der Waals surface area contributed by atoms with E-state index in [2.05, 4.69) is 36.4 Å². The van der Waals surface area contributed by atoms with Crippen LogP contribution >= 0.6 is 0 Å². The normalized spacial score (nSPS) is 14.6. The molecule has 1 aliphatic carbocycles. The minimum Gasteiger partial charge on any atom is -0.298 e. The number of ketones is 1. The van der Waals surface area contributed by atoms with Crippen LogP contribution in [0.25, 0.3) is 0 Å². The van der Waals surface area contributed by atoms with Gasteiger partial charge in [0, 0.05) is 5.41 Å². The van der Waals surface area contributed by atoms with Crippen molar-refractivity contribution in [2.45, 2.75) is 33.1 Å². The molecule has 0 spiro atoms. The molecule has 20 heavy (non-hydrogen) atoms. The predicted octanol–water partition coefficient (Wildman–Crippen LogP) is 4.34. The van der Waals surface area contributed by atoms with Gasteiger partial charge in [-0.1, -0.05) is 69.3 Å². The van der Waals surface area contributed by atoms with Crippen molar-refractivity contribution in [3.63, 3.8) is 0 Å². The molecule has 0 amide bonds. The smallest absolute Gasteiger partial charge is 0.150 e. The summed E-state index contributed by atoms with van der Waals surface area (Å²) in [5.41, 5.74) is 4.61. The van der Waals surface area contributed by atoms with Gasteiger partial charge in [0.2, 0.25) is 0 Å². The number of carbonyl (C=O) groups excluding carboxylic acids is 1. The molecule has 1 aliphatic rings. The third-order valence-corrected chi connectivity index (χ3v) is 4.11. The molecule has 0 saturated heterocycles. The summed E-state index contributed by atoms with van der Waals surface area (Å²) in [5, 5.41) is 0. The van der Waals surface area contributed by atoms with E-state index in [1.807, 2.05) is 32.9 Å². The number of fused-ring (bicyclic) bond motifs is 2. The van der Waals surface area contributed by atoms with Gasteiger partial charge in [-0.2, -0.15) is 0 Å². The van der Waals surface area contributed by atoms with E-state index in [9.17, 15) is 4.79 Å². The standard InChI is InChI=1S/C19H20O/c1-19(2,3)18(20)17-15-10-6-4-8-13(15)12-14-9-5-7-11-16(14)17/h4-11,17H,12H2,1-3H3. The number of Topliss-reactive ketones (excluding diaryl/α,β-unsaturated/α-hetero) is 1. The molecule has 1 nitrogen and oxygen atoms in total. The van der Waals surface area contributed by atoms with Crippen molar-refractivity contribution in [1.82, 2.24) is 0 Å². The predicted molar refractivity (Wildman–Crippen MR) is 82.0 cm³/mol. The van der Waals surface area contributed by atoms with Crippen molar-refractivity contribution in [3.05, 3.63) is 70.8 Å². The van der Waals surface area contributed by atoms with E-state index >= 15 is 0 Å². The molecular formula is C19H20O. The summed E-state index contributed by atoms with van der Waals surface area (Å²) in [6, 6.07) is 16.7. The molecule has 3 rings (SSSR count). The molecule has 0 N–H and O–H groups in total. The zero-order valence-corrected chi connectivity index (χ0v) is 12.3. The van der Waals surface area contributed by atoms with Crippen LogP contribution in [0.5, 0.6) is 0 Å². The molecule has 1 heteroatoms. The molecule has 0 fully saturated rings. The summed E-state index contributed by atoms with van der Waals surface area (Å²) in [5.74, 6) is 0.188. The fourth-order valence-electron chi connectivity index (χ4n) is 3.04. The van der Waals surface area contributed by atoms with Crippen molar-refractivity contribution in [3.8, 4) is 0 Å². The maximum absolute atomic E-state index is 12.9. The average molecular weight is 264 g/mol. The van der Waals surface area contributed by atoms with Crippen LogP contribution in [0.3, 0.4) is 0 Å². The number of benzene rings is 2. The highest BCUT2D eigenvalue weighted by Crippen LogP contribution is 2.40. The van der Waals surface area contributed by atoms with Crippen molar-refractivity contribution in [2.24, 2.45) is 5.41 Å². The summed E-state index contributed by atoms with van der Waals surface area (Å²) in [6.45, 7) is 6.03. The van der Waals surface area contributed by atoms with Gasteiger partial charge in [0.05, 0.1) is 5.92 Å². The molecule has 0 bridgehead atoms. The number of rotatable bonds is 1. The zero-order valence-electron chi connectivity index (χ0n) is 12.3. The maximum Gasteiger partial charge on any atom is 0.150 e. The summed E-state index contributed by atoms with van der Waals surface area (Å²) >= 11 is 0. The van der Waals surface area contributed by atoms with Gasteiger partial charge in [0.15, 0.2) is 0 Å². The van der Waals surface area contributed by atoms with Crippen molar-refractivity contribution in [1.29, 1.82) is 0 Å². The van der Waals surface area contributed by atoms with Crippen LogP contribution in [-0.2, 0) is 11.2 Å². The third kappa shape index (κ3) is 2.07. The van der Waals surface area contributed by atoms with Crippen molar-refractivity contribution in [2.75, 3.05) is 0 Å². The lowest BCUT2D eigenvalue weighted by Crippen LogP contribution is -2.30. The number of hydrogen-bond donors (Lipinski definition) is 0. The first-order valence-corrected chi connectivity index (χ1v) is 7.18. The molecule has 2 aromatic rings. The summed E-state index contributed by atoms with van der Waals surface area (Å²) in [7, 11) is 0. The van der Waals surface area contributed by atoms with Crippen LogP contribution in [0.1, 0.15) is 48.9 Å². The Kier molecular flexibility index (Phi) is 3.01. The van der Waals surface area contributed by atoms with Gasteiger partial charge in [0.25, 0.3) is 0 Å². The number of carbonyl (C=O) groups is 1. The SMILES string of the molecule is CC(C)(C)C(=O)C1c2ccccc2Cc2ccccc21. The number of hydrogen-bond acceptors (Lipinski definition) is 1. The van der Waals surface area contributed by atoms with E-state index in [1.54, 1.807) is 0 Å². The highest BCUT2D eigenvalue weighted by atomic mass is 16.1. The molecule has 0 heterocycles. The summed E-state index contributed by atoms with van der Waals surface area (Å²) in [4.78, 5) is 12.9. The summed E-state index contributed by atoms with van der Waals surface area (Å²) in [6.07, 6.45) is 0.931. The molecule has 102 valence electrons. The average Bonchev–Trinajstić information content (AvgIpc) is 2.43. The van der Waals surface area contributed by atoms with Crippen LogP contribution < -0.4 is 0 Å². The molecular weight excluding hydrogens is 244 g/mol. The lowest BCUT2D eigenvalue weighted by atomic mass is 9.70. The molecule has 0 saturated carbocycles. The Morgan fingerprint density at radius 2 is 1.35 bits per heavy atom. The topological polar surface area (TPSA) is 17.1 Å². The van der Waals surface area contributed by atoms with E-state index in [-0.39, 0.29) is 11.3 Å². The molecule has 2 aromatic carbocycles. The first-order valence-electron chi connectivity index (χ1n) is 7.18. The van der Waals surface area contributed by atoms with Crippen LogP contribution in [-0.4, -0.2) is 5.78 Å². The lowest BCUT2D eigenvalue weighted by Gasteiger charge is -2.31. The molecule has 0 atom stereocenters. The van der Waals surface area contributed by atoms with Gasteiger partial charge in [0.1, 0.15) is 5.78 Å². The van der Waals surface area contributed by atoms with Gasteiger partial charge >= 0.3 is 0 Å². The van der Waals surface area contributed by atoms with Gasteiger partial charge in [-0.15, -0.1) is 0 Å². The lowest BCUT2D eigenvalue weighted by molar-refractivity contribution is -0.127. The van der Waals surface area contributed by atoms with Crippen molar-refractivity contribution < 1.29 is 4.79 Å². The second-order valence-corrected chi connectivity index (χ2v) is 6.62. The zero-order chi connectivity index (χ0) is 14.3. The molecule has 0 unspecified atom stereocenters. The molecule has 0 aliphatic heterocycles. The first-order chi connectivity index (χ1) is 9.48. The van der Waals surface area contributed by atoms with Crippen LogP contribution in [0.2, 0.25) is 0 Å². The fourth-order valence-corrected chi connectivity index (χ4v) is 3.04. The second kappa shape index (κ2) is 4.59. The Balaban J connectivity index is 2.20. The fraction of sp³-hybridized carbons (Fsp3) is 0.316. The van der Waals surface area contributed by atoms with E-state index in [0.29, 0.717) is 5.78 Å². The van der Waals surface area contributed by atoms with Gasteiger partial charge in [-0.3, -0.25) is 4.79 Å². The Bertz CT molecular complexity index is 616. The van der Waals surface area contributed by atoms with Gasteiger partial charge in [-0.25, -0.2) is 0 Å². The molecule has 0 aromatic heterocycles. The quantitative estimate of drug-likeness (QED) is 0.749. The Hall–Kier alpha value is -1.89. The van der Waals surface area contributed by atoms with Gasteiger partial charge in [-0.05, 0) is 28.7 Å².